The summed E-state index contributed by atoms with van der Waals surface area (Å²) in [5, 5.41) is 12.2. The molecule has 1 fully saturated rings. The summed E-state index contributed by atoms with van der Waals surface area (Å²) in [6.07, 6.45) is 3.46. The van der Waals surface area contributed by atoms with Crippen molar-refractivity contribution in [3.63, 3.8) is 0 Å². The van der Waals surface area contributed by atoms with Crippen molar-refractivity contribution in [2.45, 2.75) is 31.3 Å². The molecule has 88 valence electrons. The van der Waals surface area contributed by atoms with E-state index >= 15 is 0 Å². The number of aliphatic hydroxyl groups is 1. The zero-order valence-corrected chi connectivity index (χ0v) is 9.64. The molecule has 5 nitrogen and oxygen atoms in total. The number of rotatable bonds is 5. The third-order valence-electron chi connectivity index (χ3n) is 2.60. The fourth-order valence-electron chi connectivity index (χ4n) is 1.39. The van der Waals surface area contributed by atoms with E-state index in [0.29, 0.717) is 12.8 Å². The summed E-state index contributed by atoms with van der Waals surface area (Å²) in [5.41, 5.74) is -0.749. The summed E-state index contributed by atoms with van der Waals surface area (Å²) < 4.78 is 21.5. The van der Waals surface area contributed by atoms with Crippen LogP contribution in [-0.4, -0.2) is 43.6 Å². The molecule has 0 bridgehead atoms. The van der Waals surface area contributed by atoms with Gasteiger partial charge >= 0.3 is 0 Å². The number of carbonyl (C=O) groups excluding carboxylic acids is 1. The Balaban J connectivity index is 2.19. The molecule has 1 aliphatic rings. The number of sulfone groups is 1. The maximum absolute atomic E-state index is 11.2. The predicted octanol–water partition coefficient (Wildman–Crippen LogP) is -0.548. The number of amides is 1. The van der Waals surface area contributed by atoms with E-state index in [2.05, 4.69) is 5.32 Å². The van der Waals surface area contributed by atoms with Gasteiger partial charge in [0.05, 0.1) is 11.4 Å². The summed E-state index contributed by atoms with van der Waals surface area (Å²) in [5.74, 6) is -0.460. The Morgan fingerprint density at radius 1 is 1.47 bits per heavy atom. The van der Waals surface area contributed by atoms with Crippen molar-refractivity contribution in [2.24, 2.45) is 0 Å². The second-order valence-corrected chi connectivity index (χ2v) is 6.49. The molecule has 0 aliphatic heterocycles. The highest BCUT2D eigenvalue weighted by atomic mass is 32.2. The van der Waals surface area contributed by atoms with Crippen LogP contribution in [0.15, 0.2) is 0 Å². The van der Waals surface area contributed by atoms with Gasteiger partial charge in [0.2, 0.25) is 5.91 Å². The van der Waals surface area contributed by atoms with Crippen molar-refractivity contribution in [3.8, 4) is 0 Å². The van der Waals surface area contributed by atoms with Gasteiger partial charge in [-0.05, 0) is 19.3 Å². The summed E-state index contributed by atoms with van der Waals surface area (Å²) in [4.78, 5) is 11.2. The molecule has 0 saturated heterocycles. The van der Waals surface area contributed by atoms with Crippen LogP contribution in [0.25, 0.3) is 0 Å². The lowest BCUT2D eigenvalue weighted by Gasteiger charge is -2.36. The summed E-state index contributed by atoms with van der Waals surface area (Å²) in [6, 6.07) is 0. The van der Waals surface area contributed by atoms with Gasteiger partial charge in [0.25, 0.3) is 0 Å². The van der Waals surface area contributed by atoms with Crippen LogP contribution in [0.2, 0.25) is 0 Å². The van der Waals surface area contributed by atoms with Crippen molar-refractivity contribution >= 4 is 15.7 Å². The van der Waals surface area contributed by atoms with Crippen molar-refractivity contribution in [3.05, 3.63) is 0 Å². The molecule has 0 spiro atoms. The second kappa shape index (κ2) is 4.49. The van der Waals surface area contributed by atoms with E-state index in [4.69, 9.17) is 0 Å². The fourth-order valence-corrected chi connectivity index (χ4v) is 1.95. The zero-order chi connectivity index (χ0) is 11.5. The van der Waals surface area contributed by atoms with Gasteiger partial charge in [-0.3, -0.25) is 4.79 Å². The van der Waals surface area contributed by atoms with E-state index in [-0.39, 0.29) is 24.6 Å². The Bertz CT molecular complexity index is 332. The molecule has 0 aromatic heterocycles. The maximum atomic E-state index is 11.2. The van der Waals surface area contributed by atoms with Gasteiger partial charge < -0.3 is 10.4 Å². The van der Waals surface area contributed by atoms with E-state index in [1.165, 1.54) is 0 Å². The predicted molar refractivity (Wildman–Crippen MR) is 56.1 cm³/mol. The number of hydrogen-bond acceptors (Lipinski definition) is 4. The van der Waals surface area contributed by atoms with Crippen LogP contribution in [0.4, 0.5) is 0 Å². The summed E-state index contributed by atoms with van der Waals surface area (Å²) in [6.45, 7) is 0.232. The largest absolute Gasteiger partial charge is 0.388 e. The Hall–Kier alpha value is -0.620. The van der Waals surface area contributed by atoms with Crippen molar-refractivity contribution < 1.29 is 18.3 Å². The standard InChI is InChI=1S/C9H17NO4S/c1-15(13,14)6-3-8(11)10-7-9(12)4-2-5-9/h12H,2-7H2,1H3,(H,10,11). The van der Waals surface area contributed by atoms with E-state index in [1.54, 1.807) is 0 Å². The van der Waals surface area contributed by atoms with Crippen LogP contribution in [0.1, 0.15) is 25.7 Å². The van der Waals surface area contributed by atoms with E-state index in [9.17, 15) is 18.3 Å². The number of nitrogens with one attached hydrogen (secondary N) is 1. The van der Waals surface area contributed by atoms with Gasteiger partial charge in [-0.2, -0.15) is 0 Å². The second-order valence-electron chi connectivity index (χ2n) is 4.23. The quantitative estimate of drug-likeness (QED) is 0.670. The molecular weight excluding hydrogens is 218 g/mol. The SMILES string of the molecule is CS(=O)(=O)CCC(=O)NCC1(O)CCC1. The van der Waals surface area contributed by atoms with E-state index in [0.717, 1.165) is 12.7 Å². The normalized spacial score (nSPS) is 19.3. The summed E-state index contributed by atoms with van der Waals surface area (Å²) in [7, 11) is -3.09. The van der Waals surface area contributed by atoms with Crippen LogP contribution in [0.5, 0.6) is 0 Å². The van der Waals surface area contributed by atoms with Gasteiger partial charge in [0.1, 0.15) is 9.84 Å². The average molecular weight is 235 g/mol. The minimum Gasteiger partial charge on any atom is -0.388 e. The molecule has 0 aromatic carbocycles. The van der Waals surface area contributed by atoms with Gasteiger partial charge in [-0.15, -0.1) is 0 Å². The Morgan fingerprint density at radius 2 is 2.07 bits per heavy atom. The molecule has 0 unspecified atom stereocenters. The number of hydrogen-bond donors (Lipinski definition) is 2. The molecule has 0 aromatic rings. The van der Waals surface area contributed by atoms with Crippen LogP contribution >= 0.6 is 0 Å². The first-order valence-corrected chi connectivity index (χ1v) is 7.04. The van der Waals surface area contributed by atoms with Gasteiger partial charge in [-0.1, -0.05) is 0 Å². The number of carbonyl (C=O) groups is 1. The van der Waals surface area contributed by atoms with Gasteiger partial charge in [0.15, 0.2) is 0 Å². The minimum absolute atomic E-state index is 0.0328. The van der Waals surface area contributed by atoms with Crippen molar-refractivity contribution in [1.29, 1.82) is 0 Å². The van der Waals surface area contributed by atoms with Crippen LogP contribution in [-0.2, 0) is 14.6 Å². The molecule has 15 heavy (non-hydrogen) atoms. The average Bonchev–Trinajstić information content (AvgIpc) is 2.07. The smallest absolute Gasteiger partial charge is 0.221 e. The molecular formula is C9H17NO4S. The fraction of sp³-hybridized carbons (Fsp3) is 0.889. The monoisotopic (exact) mass is 235 g/mol. The van der Waals surface area contributed by atoms with E-state index < -0.39 is 15.4 Å². The highest BCUT2D eigenvalue weighted by Crippen LogP contribution is 2.30. The van der Waals surface area contributed by atoms with Crippen LogP contribution in [0, 0.1) is 0 Å². The topological polar surface area (TPSA) is 83.5 Å². The first-order chi connectivity index (χ1) is 6.81. The third-order valence-corrected chi connectivity index (χ3v) is 3.54. The lowest BCUT2D eigenvalue weighted by molar-refractivity contribution is -0.123. The molecule has 1 rings (SSSR count). The molecule has 0 atom stereocenters. The lowest BCUT2D eigenvalue weighted by atomic mass is 9.80. The minimum atomic E-state index is -3.09. The van der Waals surface area contributed by atoms with Crippen molar-refractivity contribution in [2.75, 3.05) is 18.6 Å². The molecule has 1 saturated carbocycles. The first-order valence-electron chi connectivity index (χ1n) is 4.98. The molecule has 0 radical (unpaired) electrons. The molecule has 2 N–H and O–H groups in total. The highest BCUT2D eigenvalue weighted by molar-refractivity contribution is 7.90. The zero-order valence-electron chi connectivity index (χ0n) is 8.82. The van der Waals surface area contributed by atoms with Gasteiger partial charge in [0, 0.05) is 19.2 Å². The molecule has 0 heterocycles. The Labute approximate surface area is 89.8 Å². The third kappa shape index (κ3) is 4.61. The lowest BCUT2D eigenvalue weighted by Crippen LogP contribution is -2.47. The molecule has 6 heteroatoms. The van der Waals surface area contributed by atoms with Crippen LogP contribution < -0.4 is 5.32 Å². The first kappa shape index (κ1) is 12.4. The maximum Gasteiger partial charge on any atom is 0.221 e. The van der Waals surface area contributed by atoms with Crippen molar-refractivity contribution in [1.82, 2.24) is 5.32 Å². The highest BCUT2D eigenvalue weighted by Gasteiger charge is 2.34. The van der Waals surface area contributed by atoms with E-state index in [1.807, 2.05) is 0 Å². The molecule has 1 amide bonds. The molecule has 1 aliphatic carbocycles. The Kier molecular flexibility index (Phi) is 3.72. The van der Waals surface area contributed by atoms with Gasteiger partial charge in [-0.25, -0.2) is 8.42 Å². The van der Waals surface area contributed by atoms with Crippen LogP contribution in [0.3, 0.4) is 0 Å². The Morgan fingerprint density at radius 3 is 2.47 bits per heavy atom. The summed E-state index contributed by atoms with van der Waals surface area (Å²) >= 11 is 0.